The molecule has 15 heavy (non-hydrogen) atoms. The number of aliphatic hydroxyl groups is 1. The van der Waals surface area contributed by atoms with Gasteiger partial charge < -0.3 is 10.2 Å². The third-order valence-electron chi connectivity index (χ3n) is 2.26. The summed E-state index contributed by atoms with van der Waals surface area (Å²) in [4.78, 5) is 10.4. The van der Waals surface area contributed by atoms with Crippen LogP contribution >= 0.6 is 0 Å². The molecule has 5 heteroatoms. The Hall–Kier alpha value is -1.36. The average Bonchev–Trinajstić information content (AvgIpc) is 2.56. The van der Waals surface area contributed by atoms with Gasteiger partial charge >= 0.3 is 5.97 Å². The van der Waals surface area contributed by atoms with Gasteiger partial charge in [0.05, 0.1) is 11.8 Å². The van der Waals surface area contributed by atoms with Crippen LogP contribution in [-0.2, 0) is 18.3 Å². The molecule has 0 saturated carbocycles. The highest BCUT2D eigenvalue weighted by Gasteiger charge is 2.15. The van der Waals surface area contributed by atoms with Crippen molar-refractivity contribution in [3.8, 4) is 0 Å². The fraction of sp³-hybridized carbons (Fsp3) is 0.600. The Morgan fingerprint density at radius 3 is 2.87 bits per heavy atom. The Kier molecular flexibility index (Phi) is 3.85. The monoisotopic (exact) mass is 212 g/mol. The van der Waals surface area contributed by atoms with Crippen molar-refractivity contribution in [1.29, 1.82) is 0 Å². The quantitative estimate of drug-likeness (QED) is 0.759. The number of aliphatic carboxylic acids is 1. The first kappa shape index (κ1) is 11.7. The van der Waals surface area contributed by atoms with E-state index in [0.717, 1.165) is 17.7 Å². The van der Waals surface area contributed by atoms with Crippen LogP contribution in [0.2, 0.25) is 0 Å². The van der Waals surface area contributed by atoms with Crippen molar-refractivity contribution in [2.45, 2.75) is 32.3 Å². The van der Waals surface area contributed by atoms with E-state index in [-0.39, 0.29) is 12.8 Å². The molecule has 1 aromatic rings. The van der Waals surface area contributed by atoms with Crippen molar-refractivity contribution in [2.24, 2.45) is 7.05 Å². The van der Waals surface area contributed by atoms with Crippen molar-refractivity contribution in [3.63, 3.8) is 0 Å². The molecule has 1 rings (SSSR count). The zero-order valence-corrected chi connectivity index (χ0v) is 8.97. The van der Waals surface area contributed by atoms with Gasteiger partial charge in [-0.25, -0.2) is 0 Å². The van der Waals surface area contributed by atoms with Crippen LogP contribution in [0, 0.1) is 0 Å². The lowest BCUT2D eigenvalue weighted by Gasteiger charge is -2.07. The first-order valence-electron chi connectivity index (χ1n) is 4.96. The molecule has 5 nitrogen and oxygen atoms in total. The van der Waals surface area contributed by atoms with E-state index in [2.05, 4.69) is 5.10 Å². The van der Waals surface area contributed by atoms with E-state index in [4.69, 9.17) is 5.11 Å². The summed E-state index contributed by atoms with van der Waals surface area (Å²) in [5.74, 6) is -0.893. The first-order chi connectivity index (χ1) is 7.04. The molecule has 1 atom stereocenters. The van der Waals surface area contributed by atoms with Gasteiger partial charge in [0.1, 0.15) is 0 Å². The zero-order chi connectivity index (χ0) is 11.4. The van der Waals surface area contributed by atoms with Crippen molar-refractivity contribution >= 4 is 5.97 Å². The molecule has 0 spiro atoms. The van der Waals surface area contributed by atoms with Crippen LogP contribution in [0.15, 0.2) is 6.20 Å². The molecule has 0 saturated heterocycles. The van der Waals surface area contributed by atoms with Gasteiger partial charge in [0.25, 0.3) is 0 Å². The minimum absolute atomic E-state index is 0.0286. The highest BCUT2D eigenvalue weighted by atomic mass is 16.4. The van der Waals surface area contributed by atoms with Crippen molar-refractivity contribution < 1.29 is 15.0 Å². The van der Waals surface area contributed by atoms with Crippen LogP contribution in [0.1, 0.15) is 37.1 Å². The van der Waals surface area contributed by atoms with Crippen LogP contribution in [0.5, 0.6) is 0 Å². The maximum absolute atomic E-state index is 10.4. The number of hydrogen-bond acceptors (Lipinski definition) is 3. The molecule has 0 aromatic carbocycles. The van der Waals surface area contributed by atoms with E-state index < -0.39 is 12.1 Å². The van der Waals surface area contributed by atoms with Crippen molar-refractivity contribution in [1.82, 2.24) is 9.78 Å². The average molecular weight is 212 g/mol. The van der Waals surface area contributed by atoms with E-state index >= 15 is 0 Å². The predicted molar refractivity (Wildman–Crippen MR) is 54.4 cm³/mol. The van der Waals surface area contributed by atoms with E-state index in [1.54, 1.807) is 17.9 Å². The summed E-state index contributed by atoms with van der Waals surface area (Å²) >= 11 is 0. The third kappa shape index (κ3) is 3.06. The summed E-state index contributed by atoms with van der Waals surface area (Å²) in [6.45, 7) is 1.95. The lowest BCUT2D eigenvalue weighted by molar-refractivity contribution is -0.137. The van der Waals surface area contributed by atoms with Gasteiger partial charge in [-0.2, -0.15) is 5.10 Å². The highest BCUT2D eigenvalue weighted by Crippen LogP contribution is 2.21. The second-order valence-electron chi connectivity index (χ2n) is 3.51. The number of carboxylic acids is 1. The molecule has 0 aliphatic heterocycles. The molecular formula is C10H16N2O3. The fourth-order valence-corrected chi connectivity index (χ4v) is 1.52. The number of hydrogen-bond donors (Lipinski definition) is 2. The number of aryl methyl sites for hydroxylation is 2. The smallest absolute Gasteiger partial charge is 0.303 e. The van der Waals surface area contributed by atoms with Gasteiger partial charge in [-0.3, -0.25) is 9.48 Å². The first-order valence-corrected chi connectivity index (χ1v) is 4.96. The van der Waals surface area contributed by atoms with E-state index in [1.165, 1.54) is 0 Å². The molecule has 0 aliphatic rings. The Morgan fingerprint density at radius 2 is 2.33 bits per heavy atom. The van der Waals surface area contributed by atoms with Crippen LogP contribution in [-0.4, -0.2) is 26.0 Å². The Morgan fingerprint density at radius 1 is 1.67 bits per heavy atom. The topological polar surface area (TPSA) is 75.3 Å². The van der Waals surface area contributed by atoms with E-state index in [0.29, 0.717) is 0 Å². The molecular weight excluding hydrogens is 196 g/mol. The van der Waals surface area contributed by atoms with Crippen molar-refractivity contribution in [2.75, 3.05) is 0 Å². The molecule has 1 heterocycles. The Labute approximate surface area is 88.3 Å². The van der Waals surface area contributed by atoms with E-state index in [1.807, 2.05) is 6.92 Å². The minimum Gasteiger partial charge on any atom is -0.481 e. The molecule has 0 radical (unpaired) electrons. The molecule has 0 bridgehead atoms. The third-order valence-corrected chi connectivity index (χ3v) is 2.26. The number of carboxylic acid groups (broad SMARTS) is 1. The van der Waals surface area contributed by atoms with Gasteiger partial charge in [-0.15, -0.1) is 0 Å². The summed E-state index contributed by atoms with van der Waals surface area (Å²) < 4.78 is 1.64. The van der Waals surface area contributed by atoms with Gasteiger partial charge in [-0.1, -0.05) is 6.92 Å². The molecule has 0 fully saturated rings. The second kappa shape index (κ2) is 4.93. The van der Waals surface area contributed by atoms with Crippen LogP contribution in [0.25, 0.3) is 0 Å². The zero-order valence-electron chi connectivity index (χ0n) is 8.97. The molecule has 0 amide bonds. The van der Waals surface area contributed by atoms with E-state index in [9.17, 15) is 9.90 Å². The molecule has 84 valence electrons. The largest absolute Gasteiger partial charge is 0.481 e. The summed E-state index contributed by atoms with van der Waals surface area (Å²) in [5.41, 5.74) is 1.57. The number of aliphatic hydroxyl groups excluding tert-OH is 1. The highest BCUT2D eigenvalue weighted by molar-refractivity contribution is 5.66. The number of nitrogens with zero attached hydrogens (tertiary/aromatic N) is 2. The number of carbonyl (C=O) groups is 1. The van der Waals surface area contributed by atoms with Gasteiger partial charge in [0.15, 0.2) is 0 Å². The predicted octanol–water partition coefficient (Wildman–Crippen LogP) is 0.881. The number of rotatable bonds is 5. The number of aromatic nitrogens is 2. The summed E-state index contributed by atoms with van der Waals surface area (Å²) in [5, 5.41) is 22.5. The lowest BCUT2D eigenvalue weighted by Crippen LogP contribution is -2.03. The Bertz CT molecular complexity index is 346. The van der Waals surface area contributed by atoms with Crippen LogP contribution in [0.3, 0.4) is 0 Å². The van der Waals surface area contributed by atoms with Crippen LogP contribution in [0.4, 0.5) is 0 Å². The second-order valence-corrected chi connectivity index (χ2v) is 3.51. The maximum Gasteiger partial charge on any atom is 0.303 e. The van der Waals surface area contributed by atoms with Gasteiger partial charge in [0.2, 0.25) is 0 Å². The summed E-state index contributed by atoms with van der Waals surface area (Å²) in [6.07, 6.45) is 1.95. The lowest BCUT2D eigenvalue weighted by atomic mass is 10.0. The summed E-state index contributed by atoms with van der Waals surface area (Å²) in [6, 6.07) is 0. The molecule has 0 aliphatic carbocycles. The van der Waals surface area contributed by atoms with Gasteiger partial charge in [0, 0.05) is 25.2 Å². The molecule has 2 N–H and O–H groups in total. The fourth-order valence-electron chi connectivity index (χ4n) is 1.52. The Balaban J connectivity index is 2.71. The SMILES string of the molecule is CCc1nn(C)cc1C(O)CCC(=O)O. The normalized spacial score (nSPS) is 12.7. The van der Waals surface area contributed by atoms with Crippen molar-refractivity contribution in [3.05, 3.63) is 17.5 Å². The van der Waals surface area contributed by atoms with Crippen LogP contribution < -0.4 is 0 Å². The molecule has 1 aromatic heterocycles. The van der Waals surface area contributed by atoms with Gasteiger partial charge in [-0.05, 0) is 12.8 Å². The maximum atomic E-state index is 10.4. The minimum atomic E-state index is -0.893. The standard InChI is InChI=1S/C10H16N2O3/c1-3-8-7(6-12(2)11-8)9(13)4-5-10(14)15/h6,9,13H,3-5H2,1-2H3,(H,14,15). The summed E-state index contributed by atoms with van der Waals surface area (Å²) in [7, 11) is 1.78. The molecule has 1 unspecified atom stereocenters.